The van der Waals surface area contributed by atoms with Gasteiger partial charge in [-0.3, -0.25) is 4.79 Å². The van der Waals surface area contributed by atoms with Crippen LogP contribution >= 0.6 is 0 Å². The van der Waals surface area contributed by atoms with Crippen LogP contribution in [0.4, 0.5) is 5.69 Å². The standard InChI is InChI=1S/C20H19N3O2/c1-14-7-6-8-15(2)19(14)23-20(24)17-11-18(22-13-21-17)25-12-16-9-4-3-5-10-16/h3-11,13H,12H2,1-2H3,(H,23,24). The third kappa shape index (κ3) is 4.20. The summed E-state index contributed by atoms with van der Waals surface area (Å²) in [4.78, 5) is 20.6. The highest BCUT2D eigenvalue weighted by Crippen LogP contribution is 2.20. The zero-order valence-electron chi connectivity index (χ0n) is 14.2. The highest BCUT2D eigenvalue weighted by molar-refractivity contribution is 6.03. The van der Waals surface area contributed by atoms with E-state index in [1.165, 1.54) is 6.33 Å². The number of hydrogen-bond donors (Lipinski definition) is 1. The molecule has 3 rings (SSSR count). The molecule has 3 aromatic rings. The summed E-state index contributed by atoms with van der Waals surface area (Å²) in [6.45, 7) is 4.30. The first kappa shape index (κ1) is 16.6. The number of carbonyl (C=O) groups is 1. The molecule has 1 heterocycles. The van der Waals surface area contributed by atoms with Gasteiger partial charge in [-0.2, -0.15) is 0 Å². The quantitative estimate of drug-likeness (QED) is 0.768. The Morgan fingerprint density at radius 3 is 2.44 bits per heavy atom. The van der Waals surface area contributed by atoms with E-state index < -0.39 is 0 Å². The fourth-order valence-electron chi connectivity index (χ4n) is 2.46. The largest absolute Gasteiger partial charge is 0.473 e. The van der Waals surface area contributed by atoms with Crippen molar-refractivity contribution >= 4 is 11.6 Å². The van der Waals surface area contributed by atoms with E-state index in [2.05, 4.69) is 15.3 Å². The second-order valence-corrected chi connectivity index (χ2v) is 5.74. The normalized spacial score (nSPS) is 10.3. The number of rotatable bonds is 5. The Balaban J connectivity index is 1.71. The molecule has 5 nitrogen and oxygen atoms in total. The molecule has 25 heavy (non-hydrogen) atoms. The Bertz CT molecular complexity index is 859. The lowest BCUT2D eigenvalue weighted by atomic mass is 10.1. The topological polar surface area (TPSA) is 64.1 Å². The molecule has 5 heteroatoms. The van der Waals surface area contributed by atoms with Crippen LogP contribution in [0.15, 0.2) is 60.9 Å². The second kappa shape index (κ2) is 7.57. The minimum Gasteiger partial charge on any atom is -0.473 e. The second-order valence-electron chi connectivity index (χ2n) is 5.74. The number of amides is 1. The Kier molecular flexibility index (Phi) is 5.04. The molecule has 0 aliphatic carbocycles. The average molecular weight is 333 g/mol. The fraction of sp³-hybridized carbons (Fsp3) is 0.150. The lowest BCUT2D eigenvalue weighted by molar-refractivity contribution is 0.102. The fourth-order valence-corrected chi connectivity index (χ4v) is 2.46. The predicted molar refractivity (Wildman–Crippen MR) is 96.7 cm³/mol. The molecular weight excluding hydrogens is 314 g/mol. The molecular formula is C20H19N3O2. The molecule has 0 bridgehead atoms. The summed E-state index contributed by atoms with van der Waals surface area (Å²) in [6, 6.07) is 17.2. The van der Waals surface area contributed by atoms with Crippen LogP contribution in [-0.4, -0.2) is 15.9 Å². The molecule has 0 radical (unpaired) electrons. The minimum absolute atomic E-state index is 0.265. The Hall–Kier alpha value is -3.21. The van der Waals surface area contributed by atoms with Crippen molar-refractivity contribution in [1.82, 2.24) is 9.97 Å². The van der Waals surface area contributed by atoms with Gasteiger partial charge in [-0.15, -0.1) is 0 Å². The van der Waals surface area contributed by atoms with Crippen LogP contribution in [0.5, 0.6) is 5.88 Å². The first-order chi connectivity index (χ1) is 12.1. The molecule has 0 fully saturated rings. The van der Waals surface area contributed by atoms with Gasteiger partial charge in [-0.25, -0.2) is 9.97 Å². The summed E-state index contributed by atoms with van der Waals surface area (Å²) in [5, 5.41) is 2.91. The smallest absolute Gasteiger partial charge is 0.274 e. The molecule has 1 amide bonds. The summed E-state index contributed by atoms with van der Waals surface area (Å²) in [5.41, 5.74) is 4.10. The number of nitrogens with one attached hydrogen (secondary N) is 1. The molecule has 2 aromatic carbocycles. The van der Waals surface area contributed by atoms with E-state index in [1.807, 2.05) is 62.4 Å². The Morgan fingerprint density at radius 1 is 1.00 bits per heavy atom. The van der Waals surface area contributed by atoms with Crippen LogP contribution in [-0.2, 0) is 6.61 Å². The van der Waals surface area contributed by atoms with Crippen LogP contribution < -0.4 is 10.1 Å². The summed E-state index contributed by atoms with van der Waals surface area (Å²) in [6.07, 6.45) is 1.33. The van der Waals surface area contributed by atoms with Crippen molar-refractivity contribution in [3.05, 3.63) is 83.3 Å². The molecule has 1 N–H and O–H groups in total. The molecule has 0 spiro atoms. The highest BCUT2D eigenvalue weighted by atomic mass is 16.5. The van der Waals surface area contributed by atoms with Gasteiger partial charge in [0.1, 0.15) is 18.6 Å². The molecule has 0 atom stereocenters. The number of ether oxygens (including phenoxy) is 1. The maximum Gasteiger partial charge on any atom is 0.274 e. The number of hydrogen-bond acceptors (Lipinski definition) is 4. The summed E-state index contributed by atoms with van der Waals surface area (Å²) >= 11 is 0. The predicted octanol–water partition coefficient (Wildman–Crippen LogP) is 3.92. The summed E-state index contributed by atoms with van der Waals surface area (Å²) < 4.78 is 5.65. The zero-order chi connectivity index (χ0) is 17.6. The number of benzene rings is 2. The van der Waals surface area contributed by atoms with E-state index in [4.69, 9.17) is 4.74 Å². The molecule has 1 aromatic heterocycles. The highest BCUT2D eigenvalue weighted by Gasteiger charge is 2.12. The number of carbonyl (C=O) groups excluding carboxylic acids is 1. The van der Waals surface area contributed by atoms with Crippen LogP contribution in [0.3, 0.4) is 0 Å². The van der Waals surface area contributed by atoms with Crippen molar-refractivity contribution in [2.45, 2.75) is 20.5 Å². The summed E-state index contributed by atoms with van der Waals surface area (Å²) in [7, 11) is 0. The molecule has 0 saturated carbocycles. The van der Waals surface area contributed by atoms with E-state index >= 15 is 0 Å². The van der Waals surface area contributed by atoms with Gasteiger partial charge in [-0.1, -0.05) is 48.5 Å². The molecule has 0 aliphatic rings. The van der Waals surface area contributed by atoms with Gasteiger partial charge >= 0.3 is 0 Å². The van der Waals surface area contributed by atoms with Gasteiger partial charge in [0.25, 0.3) is 5.91 Å². The molecule has 0 aliphatic heterocycles. The first-order valence-electron chi connectivity index (χ1n) is 8.00. The van der Waals surface area contributed by atoms with Crippen molar-refractivity contribution in [3.8, 4) is 5.88 Å². The van der Waals surface area contributed by atoms with Crippen LogP contribution in [0, 0.1) is 13.8 Å². The van der Waals surface area contributed by atoms with Crippen molar-refractivity contribution in [1.29, 1.82) is 0 Å². The van der Waals surface area contributed by atoms with Gasteiger partial charge in [0, 0.05) is 11.8 Å². The lowest BCUT2D eigenvalue weighted by Crippen LogP contribution is -2.15. The van der Waals surface area contributed by atoms with E-state index in [1.54, 1.807) is 6.07 Å². The van der Waals surface area contributed by atoms with E-state index in [9.17, 15) is 4.79 Å². The number of aryl methyl sites for hydroxylation is 2. The van der Waals surface area contributed by atoms with Crippen molar-refractivity contribution in [2.24, 2.45) is 0 Å². The number of nitrogens with zero attached hydrogens (tertiary/aromatic N) is 2. The van der Waals surface area contributed by atoms with Gasteiger partial charge in [0.2, 0.25) is 5.88 Å². The third-order valence-corrected chi connectivity index (χ3v) is 3.82. The van der Waals surface area contributed by atoms with E-state index in [-0.39, 0.29) is 11.6 Å². The first-order valence-corrected chi connectivity index (χ1v) is 8.00. The van der Waals surface area contributed by atoms with Crippen LogP contribution in [0.1, 0.15) is 27.2 Å². The van der Waals surface area contributed by atoms with E-state index in [0.717, 1.165) is 22.4 Å². The molecule has 0 unspecified atom stereocenters. The SMILES string of the molecule is Cc1cccc(C)c1NC(=O)c1cc(OCc2ccccc2)ncn1. The molecule has 126 valence electrons. The Morgan fingerprint density at radius 2 is 1.72 bits per heavy atom. The number of para-hydroxylation sites is 1. The maximum absolute atomic E-state index is 12.5. The summed E-state index contributed by atoms with van der Waals surface area (Å²) in [5.74, 6) is 0.0786. The average Bonchev–Trinajstić information content (AvgIpc) is 2.64. The van der Waals surface area contributed by atoms with E-state index in [0.29, 0.717) is 12.5 Å². The van der Waals surface area contributed by atoms with Crippen LogP contribution in [0.25, 0.3) is 0 Å². The maximum atomic E-state index is 12.5. The van der Waals surface area contributed by atoms with Crippen molar-refractivity contribution in [2.75, 3.05) is 5.32 Å². The van der Waals surface area contributed by atoms with Gasteiger partial charge in [0.15, 0.2) is 0 Å². The minimum atomic E-state index is -0.288. The van der Waals surface area contributed by atoms with Gasteiger partial charge in [-0.05, 0) is 30.5 Å². The lowest BCUT2D eigenvalue weighted by Gasteiger charge is -2.11. The van der Waals surface area contributed by atoms with Crippen LogP contribution in [0.2, 0.25) is 0 Å². The zero-order valence-corrected chi connectivity index (χ0v) is 14.2. The van der Waals surface area contributed by atoms with Gasteiger partial charge < -0.3 is 10.1 Å². The number of anilines is 1. The monoisotopic (exact) mass is 333 g/mol. The Labute approximate surface area is 146 Å². The van der Waals surface area contributed by atoms with Crippen molar-refractivity contribution < 1.29 is 9.53 Å². The van der Waals surface area contributed by atoms with Crippen molar-refractivity contribution in [3.63, 3.8) is 0 Å². The van der Waals surface area contributed by atoms with Gasteiger partial charge in [0.05, 0.1) is 0 Å². The number of aromatic nitrogens is 2. The third-order valence-electron chi connectivity index (χ3n) is 3.82. The molecule has 0 saturated heterocycles.